The molecule has 4 aromatic carbocycles. The lowest BCUT2D eigenvalue weighted by molar-refractivity contribution is 0.381. The van der Waals surface area contributed by atoms with E-state index in [1.807, 2.05) is 96.0 Å². The third-order valence-electron chi connectivity index (χ3n) is 6.52. The number of nitrogens with one attached hydrogen (secondary N) is 1. The molecule has 5 aromatic rings. The van der Waals surface area contributed by atoms with Crippen LogP contribution in [0.1, 0.15) is 23.6 Å². The molecule has 0 amide bonds. The van der Waals surface area contributed by atoms with Crippen molar-refractivity contribution in [2.75, 3.05) is 12.5 Å². The van der Waals surface area contributed by atoms with Gasteiger partial charge >= 0.3 is 0 Å². The number of para-hydroxylation sites is 1. The first-order chi connectivity index (χ1) is 18.8. The zero-order chi connectivity index (χ0) is 25.7. The largest absolute Gasteiger partial charge is 0.497 e. The maximum Gasteiger partial charge on any atom is 0.244 e. The molecule has 7 heteroatoms. The summed E-state index contributed by atoms with van der Waals surface area (Å²) in [5.41, 5.74) is 8.92. The molecule has 1 aliphatic heterocycles. The molecule has 1 atom stereocenters. The van der Waals surface area contributed by atoms with Gasteiger partial charge in [0.05, 0.1) is 30.1 Å². The standard InChI is InChI=1S/C31H26N6O/c1-38-25-16-10-15-24(19-25)28-20-29(22-11-4-2-5-12-22)37(36-28)21-32-35-31-33-27-18-9-8-17-26(27)30(34-31)23-13-6-3-7-14-23/h2-19,21,29H,20H2,1H3,(H,33,34,35)/b32-21+. The van der Waals surface area contributed by atoms with Crippen LogP contribution in [0.25, 0.3) is 22.2 Å². The number of rotatable bonds is 7. The quantitative estimate of drug-likeness (QED) is 0.157. The fourth-order valence-electron chi connectivity index (χ4n) is 4.65. The van der Waals surface area contributed by atoms with Crippen molar-refractivity contribution in [3.05, 3.63) is 120 Å². The Kier molecular flexibility index (Phi) is 6.47. The molecule has 186 valence electrons. The van der Waals surface area contributed by atoms with Crippen molar-refractivity contribution in [2.45, 2.75) is 12.5 Å². The van der Waals surface area contributed by atoms with Gasteiger partial charge in [-0.3, -0.25) is 0 Å². The van der Waals surface area contributed by atoms with Crippen molar-refractivity contribution in [2.24, 2.45) is 10.2 Å². The fraction of sp³-hybridized carbons (Fsp3) is 0.0968. The molecule has 2 heterocycles. The number of anilines is 1. The summed E-state index contributed by atoms with van der Waals surface area (Å²) < 4.78 is 5.42. The second-order valence-electron chi connectivity index (χ2n) is 8.92. The summed E-state index contributed by atoms with van der Waals surface area (Å²) in [5, 5.41) is 12.3. The van der Waals surface area contributed by atoms with Gasteiger partial charge in [0.2, 0.25) is 5.95 Å². The van der Waals surface area contributed by atoms with Crippen LogP contribution in [0.3, 0.4) is 0 Å². The number of hydrogen-bond donors (Lipinski definition) is 1. The van der Waals surface area contributed by atoms with Crippen LogP contribution >= 0.6 is 0 Å². The summed E-state index contributed by atoms with van der Waals surface area (Å²) >= 11 is 0. The van der Waals surface area contributed by atoms with Gasteiger partial charge in [-0.2, -0.15) is 10.2 Å². The van der Waals surface area contributed by atoms with Gasteiger partial charge in [0, 0.05) is 22.9 Å². The third kappa shape index (κ3) is 4.82. The first kappa shape index (κ1) is 23.4. The van der Waals surface area contributed by atoms with Gasteiger partial charge in [0.15, 0.2) is 0 Å². The molecule has 1 unspecified atom stereocenters. The van der Waals surface area contributed by atoms with Gasteiger partial charge in [-0.1, -0.05) is 91.0 Å². The molecule has 38 heavy (non-hydrogen) atoms. The van der Waals surface area contributed by atoms with Crippen molar-refractivity contribution >= 4 is 28.9 Å². The number of fused-ring (bicyclic) bond motifs is 1. The summed E-state index contributed by atoms with van der Waals surface area (Å²) in [4.78, 5) is 9.47. The summed E-state index contributed by atoms with van der Waals surface area (Å²) in [6, 6.07) is 36.4. The van der Waals surface area contributed by atoms with Crippen molar-refractivity contribution in [3.8, 4) is 17.0 Å². The third-order valence-corrected chi connectivity index (χ3v) is 6.52. The minimum absolute atomic E-state index is 0.0142. The van der Waals surface area contributed by atoms with E-state index in [1.54, 1.807) is 13.4 Å². The molecule has 1 aliphatic rings. The van der Waals surface area contributed by atoms with Crippen LogP contribution in [0, 0.1) is 0 Å². The van der Waals surface area contributed by atoms with E-state index in [0.717, 1.165) is 51.2 Å². The predicted octanol–water partition coefficient (Wildman–Crippen LogP) is 6.51. The van der Waals surface area contributed by atoms with Crippen LogP contribution in [-0.4, -0.2) is 34.1 Å². The number of hydrazone groups is 2. The zero-order valence-electron chi connectivity index (χ0n) is 20.9. The van der Waals surface area contributed by atoms with Crippen molar-refractivity contribution < 1.29 is 4.74 Å². The molecule has 0 aliphatic carbocycles. The maximum atomic E-state index is 5.42. The van der Waals surface area contributed by atoms with Gasteiger partial charge in [-0.25, -0.2) is 20.4 Å². The zero-order valence-corrected chi connectivity index (χ0v) is 20.9. The Hall–Kier alpha value is -5.04. The Bertz CT molecular complexity index is 1620. The van der Waals surface area contributed by atoms with Crippen molar-refractivity contribution in [1.82, 2.24) is 15.0 Å². The summed E-state index contributed by atoms with van der Waals surface area (Å²) in [5.74, 6) is 1.23. The number of hydrogen-bond acceptors (Lipinski definition) is 6. The first-order valence-corrected chi connectivity index (χ1v) is 12.4. The van der Waals surface area contributed by atoms with E-state index in [9.17, 15) is 0 Å². The lowest BCUT2D eigenvalue weighted by Gasteiger charge is -2.19. The molecule has 0 saturated heterocycles. The minimum Gasteiger partial charge on any atom is -0.497 e. The van der Waals surface area contributed by atoms with E-state index in [0.29, 0.717) is 5.95 Å². The van der Waals surface area contributed by atoms with E-state index in [1.165, 1.54) is 0 Å². The van der Waals surface area contributed by atoms with Gasteiger partial charge < -0.3 is 4.74 Å². The molecular weight excluding hydrogens is 472 g/mol. The number of ether oxygens (including phenoxy) is 1. The Labute approximate surface area is 221 Å². The van der Waals surface area contributed by atoms with E-state index < -0.39 is 0 Å². The highest BCUT2D eigenvalue weighted by atomic mass is 16.5. The number of benzene rings is 4. The lowest BCUT2D eigenvalue weighted by Crippen LogP contribution is -2.18. The van der Waals surface area contributed by atoms with Gasteiger partial charge in [-0.15, -0.1) is 0 Å². The van der Waals surface area contributed by atoms with Crippen molar-refractivity contribution in [1.29, 1.82) is 0 Å². The molecule has 1 N–H and O–H groups in total. The Morgan fingerprint density at radius 3 is 2.39 bits per heavy atom. The predicted molar refractivity (Wildman–Crippen MR) is 152 cm³/mol. The van der Waals surface area contributed by atoms with E-state index in [-0.39, 0.29) is 6.04 Å². The molecule has 0 radical (unpaired) electrons. The Balaban J connectivity index is 1.31. The van der Waals surface area contributed by atoms with Crippen LogP contribution in [0.2, 0.25) is 0 Å². The van der Waals surface area contributed by atoms with Gasteiger partial charge in [0.25, 0.3) is 0 Å². The molecule has 6 rings (SSSR count). The Morgan fingerprint density at radius 2 is 1.58 bits per heavy atom. The highest BCUT2D eigenvalue weighted by Gasteiger charge is 2.28. The van der Waals surface area contributed by atoms with Crippen molar-refractivity contribution in [3.63, 3.8) is 0 Å². The van der Waals surface area contributed by atoms with E-state index >= 15 is 0 Å². The Morgan fingerprint density at radius 1 is 0.842 bits per heavy atom. The molecule has 7 nitrogen and oxygen atoms in total. The topological polar surface area (TPSA) is 75.0 Å². The van der Waals surface area contributed by atoms with Crippen LogP contribution in [0.5, 0.6) is 5.75 Å². The lowest BCUT2D eigenvalue weighted by atomic mass is 9.98. The fourth-order valence-corrected chi connectivity index (χ4v) is 4.65. The summed E-state index contributed by atoms with van der Waals surface area (Å²) in [6.45, 7) is 0. The molecule has 1 aromatic heterocycles. The normalized spacial score (nSPS) is 15.1. The highest BCUT2D eigenvalue weighted by molar-refractivity contribution is 6.02. The number of aromatic nitrogens is 2. The molecule has 0 bridgehead atoms. The van der Waals surface area contributed by atoms with Crippen LogP contribution < -0.4 is 10.2 Å². The minimum atomic E-state index is 0.0142. The summed E-state index contributed by atoms with van der Waals surface area (Å²) in [7, 11) is 1.67. The SMILES string of the molecule is COc1cccc(C2=NN(/C=N/Nc3nc(-c4ccccc4)c4ccccc4n3)C(c3ccccc3)C2)c1. The molecular formula is C31H26N6O. The van der Waals surface area contributed by atoms with Crippen LogP contribution in [0.4, 0.5) is 5.95 Å². The highest BCUT2D eigenvalue weighted by Crippen LogP contribution is 2.32. The first-order valence-electron chi connectivity index (χ1n) is 12.4. The maximum absolute atomic E-state index is 5.42. The summed E-state index contributed by atoms with van der Waals surface area (Å²) in [6.07, 6.45) is 2.44. The number of methoxy groups -OCH3 is 1. The average Bonchev–Trinajstić information content (AvgIpc) is 3.42. The second kappa shape index (κ2) is 10.5. The van der Waals surface area contributed by atoms with Gasteiger partial charge in [0.1, 0.15) is 12.1 Å². The monoisotopic (exact) mass is 498 g/mol. The number of nitrogens with zero attached hydrogens (tertiary/aromatic N) is 5. The second-order valence-corrected chi connectivity index (χ2v) is 8.92. The van der Waals surface area contributed by atoms with Crippen LogP contribution in [-0.2, 0) is 0 Å². The van der Waals surface area contributed by atoms with Crippen LogP contribution in [0.15, 0.2) is 119 Å². The molecule has 0 fully saturated rings. The molecule has 0 spiro atoms. The van der Waals surface area contributed by atoms with E-state index in [4.69, 9.17) is 14.8 Å². The average molecular weight is 499 g/mol. The van der Waals surface area contributed by atoms with Gasteiger partial charge in [-0.05, 0) is 23.8 Å². The molecule has 0 saturated carbocycles. The van der Waals surface area contributed by atoms with E-state index in [2.05, 4.69) is 33.7 Å². The smallest absolute Gasteiger partial charge is 0.244 e.